The van der Waals surface area contributed by atoms with Gasteiger partial charge in [0.05, 0.1) is 0 Å². The van der Waals surface area contributed by atoms with Gasteiger partial charge in [-0.1, -0.05) is 66.2 Å². The number of aryl methyl sites for hydroxylation is 1. The summed E-state index contributed by atoms with van der Waals surface area (Å²) in [6.45, 7) is 4.32. The Morgan fingerprint density at radius 1 is 0.731 bits per heavy atom. The summed E-state index contributed by atoms with van der Waals surface area (Å²) in [4.78, 5) is 0. The van der Waals surface area contributed by atoms with Crippen molar-refractivity contribution in [3.63, 3.8) is 0 Å². The first-order valence-electron chi connectivity index (χ1n) is 10.5. The largest absolute Gasteiger partial charge is 0.0914 e. The number of hydrogen-bond donors (Lipinski definition) is 0. The Morgan fingerprint density at radius 2 is 1.35 bits per heavy atom. The van der Waals surface area contributed by atoms with Crippen LogP contribution in [0.25, 0.3) is 11.1 Å². The fourth-order valence-electron chi connectivity index (χ4n) is 5.37. The molecule has 2 fully saturated rings. The molecular weight excluding hydrogens is 312 g/mol. The molecule has 2 aromatic carbocycles. The second-order valence-corrected chi connectivity index (χ2v) is 8.62. The van der Waals surface area contributed by atoms with Crippen molar-refractivity contribution >= 4 is 0 Å². The van der Waals surface area contributed by atoms with Crippen LogP contribution in [0.2, 0.25) is 0 Å². The van der Waals surface area contributed by atoms with E-state index in [1.54, 1.807) is 5.56 Å². The third kappa shape index (κ3) is 3.80. The molecule has 4 unspecified atom stereocenters. The van der Waals surface area contributed by atoms with Gasteiger partial charge in [0, 0.05) is 0 Å². The lowest BCUT2D eigenvalue weighted by Crippen LogP contribution is -2.30. The predicted octanol–water partition coefficient (Wildman–Crippen LogP) is 7.54. The molecule has 0 heterocycles. The van der Waals surface area contributed by atoms with Crippen LogP contribution in [0.5, 0.6) is 0 Å². The average molecular weight is 345 g/mol. The maximum atomic E-state index is 2.45. The van der Waals surface area contributed by atoms with Crippen LogP contribution in [-0.2, 0) is 0 Å². The molecule has 0 radical (unpaired) electrons. The van der Waals surface area contributed by atoms with Crippen LogP contribution in [0.3, 0.4) is 0 Å². The first kappa shape index (κ1) is 17.6. The quantitative estimate of drug-likeness (QED) is 0.504. The lowest BCUT2D eigenvalue weighted by atomic mass is 9.64. The highest BCUT2D eigenvalue weighted by atomic mass is 14.4. The van der Waals surface area contributed by atoms with Gasteiger partial charge in [-0.3, -0.25) is 0 Å². The van der Waals surface area contributed by atoms with E-state index >= 15 is 0 Å². The van der Waals surface area contributed by atoms with Crippen molar-refractivity contribution in [3.8, 4) is 11.1 Å². The zero-order valence-corrected chi connectivity index (χ0v) is 16.3. The van der Waals surface area contributed by atoms with Gasteiger partial charge < -0.3 is 0 Å². The van der Waals surface area contributed by atoms with Crippen molar-refractivity contribution in [1.82, 2.24) is 0 Å². The first-order chi connectivity index (χ1) is 12.7. The SMILES string of the molecule is C/C=C/C1CCC2CC(c3ccc(-c4ccc(C)cc4)cc3)CCC2C1. The topological polar surface area (TPSA) is 0 Å². The first-order valence-corrected chi connectivity index (χ1v) is 10.5. The summed E-state index contributed by atoms with van der Waals surface area (Å²) in [5.41, 5.74) is 5.56. The Labute approximate surface area is 159 Å². The molecule has 136 valence electrons. The minimum absolute atomic E-state index is 0.779. The highest BCUT2D eigenvalue weighted by Gasteiger charge is 2.35. The highest BCUT2D eigenvalue weighted by molar-refractivity contribution is 5.64. The Hall–Kier alpha value is -1.82. The zero-order valence-electron chi connectivity index (χ0n) is 16.3. The Bertz CT molecular complexity index is 735. The van der Waals surface area contributed by atoms with Gasteiger partial charge in [0.2, 0.25) is 0 Å². The zero-order chi connectivity index (χ0) is 17.9. The molecule has 0 nitrogen and oxygen atoms in total. The monoisotopic (exact) mass is 344 g/mol. The van der Waals surface area contributed by atoms with Crippen LogP contribution < -0.4 is 0 Å². The van der Waals surface area contributed by atoms with E-state index in [9.17, 15) is 0 Å². The lowest BCUT2D eigenvalue weighted by molar-refractivity contribution is 0.133. The normalized spacial score (nSPS) is 28.8. The van der Waals surface area contributed by atoms with Crippen molar-refractivity contribution in [3.05, 3.63) is 71.8 Å². The minimum atomic E-state index is 0.779. The van der Waals surface area contributed by atoms with Crippen LogP contribution >= 0.6 is 0 Å². The summed E-state index contributed by atoms with van der Waals surface area (Å²) in [7, 11) is 0. The molecule has 0 saturated heterocycles. The molecule has 2 saturated carbocycles. The molecule has 0 spiro atoms. The van der Waals surface area contributed by atoms with Crippen LogP contribution in [0.15, 0.2) is 60.7 Å². The molecule has 2 aliphatic carbocycles. The highest BCUT2D eigenvalue weighted by Crippen LogP contribution is 2.47. The number of fused-ring (bicyclic) bond motifs is 1. The molecule has 0 amide bonds. The van der Waals surface area contributed by atoms with Gasteiger partial charge in [0.1, 0.15) is 0 Å². The molecular formula is C26H32. The summed E-state index contributed by atoms with van der Waals surface area (Å²) in [6, 6.07) is 18.3. The van der Waals surface area contributed by atoms with Gasteiger partial charge in [-0.15, -0.1) is 0 Å². The van der Waals surface area contributed by atoms with Gasteiger partial charge in [-0.25, -0.2) is 0 Å². The molecule has 0 aliphatic heterocycles. The second kappa shape index (κ2) is 7.82. The third-order valence-corrected chi connectivity index (χ3v) is 6.89. The van der Waals surface area contributed by atoms with Crippen LogP contribution in [-0.4, -0.2) is 0 Å². The number of rotatable bonds is 3. The molecule has 0 heteroatoms. The standard InChI is InChI=1S/C26H32/c1-3-4-20-7-10-26-18-25(16-15-24(26)17-20)23-13-11-22(12-14-23)21-8-5-19(2)6-9-21/h3-6,8-9,11-14,20,24-26H,7,10,15-18H2,1-2H3/b4-3+. The van der Waals surface area contributed by atoms with E-state index in [1.165, 1.54) is 55.2 Å². The van der Waals surface area contributed by atoms with E-state index in [-0.39, 0.29) is 0 Å². The van der Waals surface area contributed by atoms with Gasteiger partial charge in [0.15, 0.2) is 0 Å². The number of benzene rings is 2. The molecule has 4 rings (SSSR count). The average Bonchev–Trinajstić information content (AvgIpc) is 2.69. The van der Waals surface area contributed by atoms with Crippen LogP contribution in [0.1, 0.15) is 62.5 Å². The summed E-state index contributed by atoms with van der Waals surface area (Å²) in [6.07, 6.45) is 13.2. The van der Waals surface area contributed by atoms with E-state index in [4.69, 9.17) is 0 Å². The van der Waals surface area contributed by atoms with Gasteiger partial charge in [-0.05, 0) is 92.7 Å². The van der Waals surface area contributed by atoms with Crippen LogP contribution in [0, 0.1) is 24.7 Å². The fourth-order valence-corrected chi connectivity index (χ4v) is 5.37. The molecule has 0 bridgehead atoms. The summed E-state index contributed by atoms with van der Waals surface area (Å²) in [5.74, 6) is 3.58. The van der Waals surface area contributed by atoms with E-state index in [2.05, 4.69) is 74.5 Å². The van der Waals surface area contributed by atoms with E-state index in [1.807, 2.05) is 0 Å². The van der Waals surface area contributed by atoms with Crippen molar-refractivity contribution in [2.45, 2.75) is 58.3 Å². The fraction of sp³-hybridized carbons (Fsp3) is 0.462. The maximum absolute atomic E-state index is 2.45. The summed E-state index contributed by atoms with van der Waals surface area (Å²) in [5, 5.41) is 0. The number of hydrogen-bond acceptors (Lipinski definition) is 0. The predicted molar refractivity (Wildman–Crippen MR) is 112 cm³/mol. The van der Waals surface area contributed by atoms with E-state index in [0.717, 1.165) is 23.7 Å². The smallest absolute Gasteiger partial charge is 0.0159 e. The Balaban J connectivity index is 1.42. The number of allylic oxidation sites excluding steroid dienone is 2. The van der Waals surface area contributed by atoms with E-state index < -0.39 is 0 Å². The van der Waals surface area contributed by atoms with Crippen molar-refractivity contribution in [2.75, 3.05) is 0 Å². The van der Waals surface area contributed by atoms with Crippen LogP contribution in [0.4, 0.5) is 0 Å². The Morgan fingerprint density at radius 3 is 2.04 bits per heavy atom. The molecule has 26 heavy (non-hydrogen) atoms. The van der Waals surface area contributed by atoms with Crippen molar-refractivity contribution in [2.24, 2.45) is 17.8 Å². The van der Waals surface area contributed by atoms with Gasteiger partial charge in [-0.2, -0.15) is 0 Å². The van der Waals surface area contributed by atoms with E-state index in [0.29, 0.717) is 0 Å². The molecule has 2 aromatic rings. The van der Waals surface area contributed by atoms with Gasteiger partial charge >= 0.3 is 0 Å². The van der Waals surface area contributed by atoms with Gasteiger partial charge in [0.25, 0.3) is 0 Å². The second-order valence-electron chi connectivity index (χ2n) is 8.62. The minimum Gasteiger partial charge on any atom is -0.0914 e. The maximum Gasteiger partial charge on any atom is -0.0159 e. The lowest BCUT2D eigenvalue weighted by Gasteiger charge is -2.41. The summed E-state index contributed by atoms with van der Waals surface area (Å²) < 4.78 is 0. The third-order valence-electron chi connectivity index (χ3n) is 6.89. The molecule has 0 aromatic heterocycles. The Kier molecular flexibility index (Phi) is 5.29. The summed E-state index contributed by atoms with van der Waals surface area (Å²) >= 11 is 0. The molecule has 0 N–H and O–H groups in total. The molecule has 4 atom stereocenters. The molecule has 2 aliphatic rings. The van der Waals surface area contributed by atoms with Crippen molar-refractivity contribution < 1.29 is 0 Å². The van der Waals surface area contributed by atoms with Crippen molar-refractivity contribution in [1.29, 1.82) is 0 Å².